The molecule has 29 heavy (non-hydrogen) atoms. The van der Waals surface area contributed by atoms with E-state index in [4.69, 9.17) is 9.47 Å². The molecule has 150 valence electrons. The first-order valence-corrected chi connectivity index (χ1v) is 11.4. The third-order valence-corrected chi connectivity index (χ3v) is 7.64. The summed E-state index contributed by atoms with van der Waals surface area (Å²) < 4.78 is 39.5. The monoisotopic (exact) mass is 431 g/mol. The van der Waals surface area contributed by atoms with Gasteiger partial charge < -0.3 is 9.47 Å². The Morgan fingerprint density at radius 3 is 2.59 bits per heavy atom. The van der Waals surface area contributed by atoms with Crippen molar-refractivity contribution in [1.29, 1.82) is 0 Å². The second-order valence-electron chi connectivity index (χ2n) is 6.76. The van der Waals surface area contributed by atoms with Crippen molar-refractivity contribution in [2.75, 3.05) is 26.3 Å². The number of sulfonamides is 1. The summed E-state index contributed by atoms with van der Waals surface area (Å²) in [4.78, 5) is 13.4. The summed E-state index contributed by atoms with van der Waals surface area (Å²) in [6.07, 6.45) is 0. The highest BCUT2D eigenvalue weighted by molar-refractivity contribution is 7.89. The number of fused-ring (bicyclic) bond motifs is 1. The average molecular weight is 431 g/mol. The number of ether oxygens (including phenoxy) is 2. The maximum atomic E-state index is 12.9. The minimum atomic E-state index is -3.69. The van der Waals surface area contributed by atoms with Crippen molar-refractivity contribution in [3.8, 4) is 22.1 Å². The molecule has 0 saturated carbocycles. The molecule has 0 bridgehead atoms. The van der Waals surface area contributed by atoms with E-state index in [2.05, 4.69) is 5.10 Å². The normalized spacial score (nSPS) is 17.1. The van der Waals surface area contributed by atoms with Crippen LogP contribution in [-0.4, -0.2) is 48.8 Å². The molecule has 0 atom stereocenters. The Labute approximate surface area is 171 Å². The number of hydrogen-bond donors (Lipinski definition) is 0. The first kappa shape index (κ1) is 18.3. The number of rotatable bonds is 4. The van der Waals surface area contributed by atoms with Crippen LogP contribution in [0, 0.1) is 0 Å². The van der Waals surface area contributed by atoms with Crippen LogP contribution >= 0.6 is 11.3 Å². The van der Waals surface area contributed by atoms with E-state index in [0.29, 0.717) is 30.4 Å². The lowest BCUT2D eigenvalue weighted by atomic mass is 10.2. The molecule has 1 saturated heterocycles. The van der Waals surface area contributed by atoms with Gasteiger partial charge in [-0.05, 0) is 29.6 Å². The van der Waals surface area contributed by atoms with Gasteiger partial charge in [0.25, 0.3) is 5.56 Å². The van der Waals surface area contributed by atoms with Crippen LogP contribution in [0.25, 0.3) is 10.6 Å². The lowest BCUT2D eigenvalue weighted by Gasteiger charge is -2.38. The topological polar surface area (TPSA) is 90.7 Å². The first-order chi connectivity index (χ1) is 14.0. The number of aromatic nitrogens is 2. The third kappa shape index (κ3) is 3.22. The molecule has 1 aromatic carbocycles. The van der Waals surface area contributed by atoms with Crippen molar-refractivity contribution < 1.29 is 17.9 Å². The van der Waals surface area contributed by atoms with Gasteiger partial charge in [-0.1, -0.05) is 6.07 Å². The molecule has 4 heterocycles. The molecule has 2 aromatic heterocycles. The van der Waals surface area contributed by atoms with E-state index in [1.165, 1.54) is 38.5 Å². The number of thiophene rings is 1. The van der Waals surface area contributed by atoms with Crippen LogP contribution in [-0.2, 0) is 10.0 Å². The van der Waals surface area contributed by atoms with Crippen LogP contribution < -0.4 is 15.0 Å². The van der Waals surface area contributed by atoms with Crippen molar-refractivity contribution in [2.24, 2.45) is 0 Å². The summed E-state index contributed by atoms with van der Waals surface area (Å²) in [6.45, 7) is 1.21. The molecule has 2 aliphatic heterocycles. The van der Waals surface area contributed by atoms with Crippen molar-refractivity contribution in [1.82, 2.24) is 14.1 Å². The van der Waals surface area contributed by atoms with Crippen molar-refractivity contribution in [2.45, 2.75) is 10.9 Å². The minimum Gasteiger partial charge on any atom is -0.486 e. The van der Waals surface area contributed by atoms with Crippen molar-refractivity contribution >= 4 is 21.4 Å². The van der Waals surface area contributed by atoms with Gasteiger partial charge in [0.1, 0.15) is 18.9 Å². The largest absolute Gasteiger partial charge is 0.486 e. The molecular weight excluding hydrogens is 414 g/mol. The SMILES string of the molecule is O=c1ccc(-c2cccs2)nn1C1CN(S(=O)(=O)c2ccc3c(c2)OCCO3)C1. The van der Waals surface area contributed by atoms with E-state index in [9.17, 15) is 13.2 Å². The van der Waals surface area contributed by atoms with E-state index >= 15 is 0 Å². The fraction of sp³-hybridized carbons (Fsp3) is 0.263. The van der Waals surface area contributed by atoms with Gasteiger partial charge in [-0.25, -0.2) is 13.1 Å². The highest BCUT2D eigenvalue weighted by atomic mass is 32.2. The standard InChI is InChI=1S/C19H17N3O5S2/c23-19-6-4-15(18-2-1-9-28-18)20-22(19)13-11-21(12-13)29(24,25)14-3-5-16-17(10-14)27-8-7-26-16/h1-6,9-10,13H,7-8,11-12H2. The molecule has 5 rings (SSSR count). The highest BCUT2D eigenvalue weighted by Crippen LogP contribution is 2.35. The third-order valence-electron chi connectivity index (χ3n) is 4.92. The number of nitrogens with zero attached hydrogens (tertiary/aromatic N) is 3. The van der Waals surface area contributed by atoms with Crippen molar-refractivity contribution in [3.63, 3.8) is 0 Å². The van der Waals surface area contributed by atoms with Gasteiger partial charge in [0.05, 0.1) is 15.8 Å². The molecule has 0 unspecified atom stereocenters. The van der Waals surface area contributed by atoms with Crippen LogP contribution in [0.15, 0.2) is 57.5 Å². The van der Waals surface area contributed by atoms with Gasteiger partial charge >= 0.3 is 0 Å². The Morgan fingerprint density at radius 2 is 1.83 bits per heavy atom. The van der Waals surface area contributed by atoms with Crippen LogP contribution in [0.4, 0.5) is 0 Å². The van der Waals surface area contributed by atoms with E-state index in [1.54, 1.807) is 12.1 Å². The molecule has 2 aliphatic rings. The van der Waals surface area contributed by atoms with Crippen LogP contribution in [0.3, 0.4) is 0 Å². The molecule has 3 aromatic rings. The zero-order valence-electron chi connectivity index (χ0n) is 15.2. The Morgan fingerprint density at radius 1 is 1.03 bits per heavy atom. The summed E-state index contributed by atoms with van der Waals surface area (Å²) in [5, 5.41) is 6.38. The maximum Gasteiger partial charge on any atom is 0.267 e. The lowest BCUT2D eigenvalue weighted by Crippen LogP contribution is -2.53. The molecule has 0 aliphatic carbocycles. The summed E-state index contributed by atoms with van der Waals surface area (Å²) >= 11 is 1.53. The van der Waals surface area contributed by atoms with Gasteiger partial charge in [0.2, 0.25) is 10.0 Å². The van der Waals surface area contributed by atoms with Crippen molar-refractivity contribution in [3.05, 3.63) is 58.2 Å². The number of benzene rings is 1. The lowest BCUT2D eigenvalue weighted by molar-refractivity contribution is 0.170. The molecule has 0 spiro atoms. The summed E-state index contributed by atoms with van der Waals surface area (Å²) in [6, 6.07) is 11.3. The Balaban J connectivity index is 1.37. The van der Waals surface area contributed by atoms with E-state index in [-0.39, 0.29) is 29.6 Å². The van der Waals surface area contributed by atoms with E-state index < -0.39 is 10.0 Å². The summed E-state index contributed by atoms with van der Waals surface area (Å²) in [7, 11) is -3.69. The van der Waals surface area contributed by atoms with Crippen LogP contribution in [0.1, 0.15) is 6.04 Å². The highest BCUT2D eigenvalue weighted by Gasteiger charge is 2.39. The first-order valence-electron chi connectivity index (χ1n) is 9.06. The van der Waals surface area contributed by atoms with E-state index in [1.807, 2.05) is 17.5 Å². The zero-order chi connectivity index (χ0) is 20.0. The zero-order valence-corrected chi connectivity index (χ0v) is 16.9. The Hall–Kier alpha value is -2.69. The fourth-order valence-electron chi connectivity index (χ4n) is 3.34. The molecular formula is C19H17N3O5S2. The smallest absolute Gasteiger partial charge is 0.267 e. The Bertz CT molecular complexity index is 1210. The second-order valence-corrected chi connectivity index (χ2v) is 9.65. The van der Waals surface area contributed by atoms with Crippen LogP contribution in [0.5, 0.6) is 11.5 Å². The molecule has 10 heteroatoms. The average Bonchev–Trinajstić information content (AvgIpc) is 3.22. The van der Waals surface area contributed by atoms with E-state index in [0.717, 1.165) is 4.88 Å². The minimum absolute atomic E-state index is 0.146. The summed E-state index contributed by atoms with van der Waals surface area (Å²) in [5.41, 5.74) is 0.458. The molecule has 8 nitrogen and oxygen atoms in total. The van der Waals surface area contributed by atoms with Gasteiger partial charge in [0.15, 0.2) is 11.5 Å². The van der Waals surface area contributed by atoms with Gasteiger partial charge in [-0.3, -0.25) is 4.79 Å². The number of hydrogen-bond acceptors (Lipinski definition) is 7. The predicted molar refractivity (Wildman–Crippen MR) is 107 cm³/mol. The molecule has 1 fully saturated rings. The second kappa shape index (κ2) is 6.97. The molecule has 0 amide bonds. The Kier molecular flexibility index (Phi) is 4.41. The fourth-order valence-corrected chi connectivity index (χ4v) is 5.56. The predicted octanol–water partition coefficient (Wildman–Crippen LogP) is 1.99. The van der Waals surface area contributed by atoms with Crippen LogP contribution in [0.2, 0.25) is 0 Å². The molecule has 0 N–H and O–H groups in total. The van der Waals surface area contributed by atoms with Gasteiger partial charge in [-0.2, -0.15) is 9.40 Å². The van der Waals surface area contributed by atoms with Gasteiger partial charge in [0, 0.05) is 25.2 Å². The summed E-state index contributed by atoms with van der Waals surface area (Å²) in [5.74, 6) is 0.966. The quantitative estimate of drug-likeness (QED) is 0.628. The molecule has 0 radical (unpaired) electrons. The van der Waals surface area contributed by atoms with Gasteiger partial charge in [-0.15, -0.1) is 11.3 Å². The maximum absolute atomic E-state index is 12.9.